The van der Waals surface area contributed by atoms with Crippen molar-refractivity contribution in [1.29, 1.82) is 0 Å². The fraction of sp³-hybridized carbons (Fsp3) is 0.667. The van der Waals surface area contributed by atoms with Gasteiger partial charge in [0.2, 0.25) is 11.9 Å². The number of anilines is 1. The number of rotatable bonds is 5. The number of fused-ring (bicyclic) bond motifs is 1. The number of hydrogen-bond donors (Lipinski definition) is 1. The molecule has 0 radical (unpaired) electrons. The number of imidazole rings is 2. The summed E-state index contributed by atoms with van der Waals surface area (Å²) in [4.78, 5) is 23.9. The first-order valence-electron chi connectivity index (χ1n) is 10.5. The minimum Gasteiger partial charge on any atom is -0.350 e. The van der Waals surface area contributed by atoms with Crippen molar-refractivity contribution in [2.45, 2.75) is 64.0 Å². The summed E-state index contributed by atoms with van der Waals surface area (Å²) in [5.74, 6) is 2.94. The third-order valence-electron chi connectivity index (χ3n) is 6.37. The van der Waals surface area contributed by atoms with Gasteiger partial charge >= 0.3 is 0 Å². The predicted molar refractivity (Wildman–Crippen MR) is 109 cm³/mol. The van der Waals surface area contributed by atoms with E-state index in [9.17, 15) is 4.79 Å². The second-order valence-corrected chi connectivity index (χ2v) is 8.50. The van der Waals surface area contributed by atoms with Gasteiger partial charge in [-0.25, -0.2) is 9.97 Å². The van der Waals surface area contributed by atoms with E-state index in [0.717, 1.165) is 31.0 Å². The lowest BCUT2D eigenvalue weighted by atomic mass is 9.88. The van der Waals surface area contributed by atoms with Crippen LogP contribution in [0.5, 0.6) is 0 Å². The summed E-state index contributed by atoms with van der Waals surface area (Å²) >= 11 is 0. The summed E-state index contributed by atoms with van der Waals surface area (Å²) in [6.45, 7) is 1.43. The molecule has 2 aromatic rings. The van der Waals surface area contributed by atoms with Gasteiger partial charge in [-0.05, 0) is 19.3 Å². The topological polar surface area (TPSA) is 68.0 Å². The highest BCUT2D eigenvalue weighted by molar-refractivity contribution is 5.79. The van der Waals surface area contributed by atoms with Crippen molar-refractivity contribution >= 4 is 11.9 Å². The Labute approximate surface area is 167 Å². The largest absolute Gasteiger partial charge is 0.350 e. The van der Waals surface area contributed by atoms with E-state index >= 15 is 0 Å². The Balaban J connectivity index is 1.36. The zero-order chi connectivity index (χ0) is 19.7. The van der Waals surface area contributed by atoms with E-state index in [1.165, 1.54) is 43.6 Å². The molecule has 7 nitrogen and oxygen atoms in total. The number of nitrogens with one attached hydrogen (secondary N) is 1. The summed E-state index contributed by atoms with van der Waals surface area (Å²) < 4.78 is 4.41. The average Bonchev–Trinajstić information content (AvgIpc) is 3.29. The third kappa shape index (κ3) is 3.66. The van der Waals surface area contributed by atoms with Gasteiger partial charge in [-0.2, -0.15) is 0 Å². The standard InChI is InChI=1S/C21H32N6O/c1-25(2)21-24-14-18(26(21)3)13-23-20(28)16-9-10-27-17(11-16)12-22-19(27)15-7-5-4-6-8-15/h12,14-16H,4-11,13H2,1-3H3,(H,23,28). The first kappa shape index (κ1) is 19.0. The Morgan fingerprint density at radius 1 is 1.18 bits per heavy atom. The average molecular weight is 385 g/mol. The van der Waals surface area contributed by atoms with Gasteiger partial charge in [-0.3, -0.25) is 4.79 Å². The summed E-state index contributed by atoms with van der Waals surface area (Å²) in [7, 11) is 5.92. The van der Waals surface area contributed by atoms with E-state index in [1.54, 1.807) is 0 Å². The zero-order valence-corrected chi connectivity index (χ0v) is 17.3. The molecule has 1 saturated carbocycles. The maximum atomic E-state index is 12.8. The fourth-order valence-electron chi connectivity index (χ4n) is 4.73. The van der Waals surface area contributed by atoms with Crippen LogP contribution in [0, 0.1) is 5.92 Å². The summed E-state index contributed by atoms with van der Waals surface area (Å²) in [6.07, 6.45) is 12.1. The predicted octanol–water partition coefficient (Wildman–Crippen LogP) is 2.61. The normalized spacial score (nSPS) is 20.0. The molecule has 4 rings (SSSR count). The van der Waals surface area contributed by atoms with Crippen molar-refractivity contribution < 1.29 is 4.79 Å². The van der Waals surface area contributed by atoms with Gasteiger partial charge in [0.1, 0.15) is 5.82 Å². The van der Waals surface area contributed by atoms with E-state index in [1.807, 2.05) is 43.0 Å². The lowest BCUT2D eigenvalue weighted by Gasteiger charge is -2.27. The fourth-order valence-corrected chi connectivity index (χ4v) is 4.73. The number of aromatic nitrogens is 4. The van der Waals surface area contributed by atoms with Crippen LogP contribution in [0.1, 0.15) is 61.7 Å². The number of hydrogen-bond acceptors (Lipinski definition) is 4. The number of nitrogens with zero attached hydrogens (tertiary/aromatic N) is 5. The second-order valence-electron chi connectivity index (χ2n) is 8.50. The molecular formula is C21H32N6O. The van der Waals surface area contributed by atoms with Crippen molar-refractivity contribution in [3.05, 3.63) is 29.6 Å². The van der Waals surface area contributed by atoms with Gasteiger partial charge in [0.05, 0.1) is 18.4 Å². The Hall–Kier alpha value is -2.31. The maximum absolute atomic E-state index is 12.8. The molecule has 152 valence electrons. The number of amides is 1. The monoisotopic (exact) mass is 384 g/mol. The summed E-state index contributed by atoms with van der Waals surface area (Å²) in [6, 6.07) is 0. The van der Waals surface area contributed by atoms with Crippen LogP contribution < -0.4 is 10.2 Å². The molecule has 0 spiro atoms. The molecule has 1 unspecified atom stereocenters. The molecule has 1 aliphatic carbocycles. The van der Waals surface area contributed by atoms with E-state index in [4.69, 9.17) is 4.98 Å². The highest BCUT2D eigenvalue weighted by atomic mass is 16.1. The lowest BCUT2D eigenvalue weighted by molar-refractivity contribution is -0.125. The summed E-state index contributed by atoms with van der Waals surface area (Å²) in [5.41, 5.74) is 2.24. The molecule has 2 aliphatic rings. The second kappa shape index (κ2) is 7.97. The first-order chi connectivity index (χ1) is 13.5. The number of carbonyl (C=O) groups excluding carboxylic acids is 1. The molecule has 7 heteroatoms. The Kier molecular flexibility index (Phi) is 5.42. The molecule has 1 atom stereocenters. The molecule has 1 fully saturated rings. The summed E-state index contributed by atoms with van der Waals surface area (Å²) in [5, 5.41) is 3.11. The Morgan fingerprint density at radius 3 is 2.68 bits per heavy atom. The van der Waals surface area contributed by atoms with Crippen LogP contribution in [0.15, 0.2) is 12.4 Å². The number of carbonyl (C=O) groups is 1. The lowest BCUT2D eigenvalue weighted by Crippen LogP contribution is -2.35. The first-order valence-corrected chi connectivity index (χ1v) is 10.5. The van der Waals surface area contributed by atoms with Crippen LogP contribution in [-0.4, -0.2) is 39.1 Å². The van der Waals surface area contributed by atoms with Crippen molar-refractivity contribution in [1.82, 2.24) is 24.4 Å². The van der Waals surface area contributed by atoms with Gasteiger partial charge in [0.25, 0.3) is 0 Å². The van der Waals surface area contributed by atoms with Crippen LogP contribution in [-0.2, 0) is 31.4 Å². The van der Waals surface area contributed by atoms with E-state index in [0.29, 0.717) is 12.5 Å². The third-order valence-corrected chi connectivity index (χ3v) is 6.37. The quantitative estimate of drug-likeness (QED) is 0.860. The molecule has 2 aromatic heterocycles. The van der Waals surface area contributed by atoms with E-state index in [2.05, 4.69) is 14.9 Å². The molecule has 1 aliphatic heterocycles. The van der Waals surface area contributed by atoms with Crippen LogP contribution in [0.3, 0.4) is 0 Å². The molecule has 0 saturated heterocycles. The smallest absolute Gasteiger partial charge is 0.223 e. The molecule has 0 bridgehead atoms. The van der Waals surface area contributed by atoms with Gasteiger partial charge in [-0.1, -0.05) is 19.3 Å². The highest BCUT2D eigenvalue weighted by Crippen LogP contribution is 2.34. The van der Waals surface area contributed by atoms with E-state index in [-0.39, 0.29) is 11.8 Å². The minimum absolute atomic E-state index is 0.0324. The van der Waals surface area contributed by atoms with Crippen LogP contribution in [0.25, 0.3) is 0 Å². The van der Waals surface area contributed by atoms with Crippen LogP contribution in [0.4, 0.5) is 5.95 Å². The van der Waals surface area contributed by atoms with Gasteiger partial charge in [-0.15, -0.1) is 0 Å². The molecular weight excluding hydrogens is 352 g/mol. The molecule has 28 heavy (non-hydrogen) atoms. The van der Waals surface area contributed by atoms with E-state index < -0.39 is 0 Å². The van der Waals surface area contributed by atoms with Crippen molar-refractivity contribution in [3.8, 4) is 0 Å². The van der Waals surface area contributed by atoms with Gasteiger partial charge < -0.3 is 19.4 Å². The van der Waals surface area contributed by atoms with Crippen LogP contribution in [0.2, 0.25) is 0 Å². The molecule has 1 amide bonds. The Morgan fingerprint density at radius 2 is 1.96 bits per heavy atom. The zero-order valence-electron chi connectivity index (χ0n) is 17.3. The SMILES string of the molecule is CN(C)c1ncc(CNC(=O)C2CCn3c(cnc3C3CCCCC3)C2)n1C. The van der Waals surface area contributed by atoms with Gasteiger partial charge in [0.15, 0.2) is 0 Å². The minimum atomic E-state index is 0.0324. The molecule has 0 aromatic carbocycles. The van der Waals surface area contributed by atoms with Crippen molar-refractivity contribution in [2.24, 2.45) is 13.0 Å². The van der Waals surface area contributed by atoms with Crippen LogP contribution >= 0.6 is 0 Å². The molecule has 1 N–H and O–H groups in total. The highest BCUT2D eigenvalue weighted by Gasteiger charge is 2.29. The van der Waals surface area contributed by atoms with Crippen molar-refractivity contribution in [2.75, 3.05) is 19.0 Å². The van der Waals surface area contributed by atoms with Crippen molar-refractivity contribution in [3.63, 3.8) is 0 Å². The van der Waals surface area contributed by atoms with Gasteiger partial charge in [0, 0.05) is 57.8 Å². The maximum Gasteiger partial charge on any atom is 0.223 e. The Bertz CT molecular complexity index is 830. The molecule has 3 heterocycles.